The number of rotatable bonds is 19. The molecule has 0 saturated carbocycles. The number of carbonyl (C=O) groups is 4. The Hall–Kier alpha value is -5.86. The normalized spacial score (nSPS) is 10.4. The highest BCUT2D eigenvalue weighted by Crippen LogP contribution is 2.33. The van der Waals surface area contributed by atoms with Gasteiger partial charge in [0.05, 0.1) is 47.2 Å². The van der Waals surface area contributed by atoms with Gasteiger partial charge in [-0.25, -0.2) is 39.2 Å². The van der Waals surface area contributed by atoms with Crippen LogP contribution in [-0.4, -0.2) is 170 Å². The Balaban J connectivity index is 0.000000310. The summed E-state index contributed by atoms with van der Waals surface area (Å²) in [7, 11) is 37.0. The highest BCUT2D eigenvalue weighted by atomic mass is 35.5. The van der Waals surface area contributed by atoms with Gasteiger partial charge in [-0.2, -0.15) is 10.2 Å². The number of carbonyl (C=O) groups excluding carboxylic acids is 3. The number of anilines is 2. The monoisotopic (exact) mass is 1130 g/mol. The zero-order valence-corrected chi connectivity index (χ0v) is 47.1. The second kappa shape index (κ2) is 34.9. The molecule has 1 N–H and O–H groups in total. The molecule has 6 rings (SSSR count). The Labute approximate surface area is 487 Å². The number of hydrogen-bond acceptors (Lipinski definition) is 17. The molecule has 0 bridgehead atoms. The quantitative estimate of drug-likeness (QED) is 0.0157. The number of esters is 1. The zero-order chi connectivity index (χ0) is 57.9. The van der Waals surface area contributed by atoms with E-state index in [2.05, 4.69) is 29.6 Å². The molecule has 2 aromatic heterocycles. The molecule has 0 aliphatic rings. The molecule has 0 spiro atoms. The molecule has 2 heterocycles. The number of carboxylic acid groups (broad SMARTS) is 1. The molecule has 0 unspecified atom stereocenters. The van der Waals surface area contributed by atoms with Crippen molar-refractivity contribution in [3.05, 3.63) is 140 Å². The number of hydrogen-bond donors (Lipinski definition) is 1. The summed E-state index contributed by atoms with van der Waals surface area (Å²) in [5, 5.41) is 27.5. The third kappa shape index (κ3) is 22.9. The van der Waals surface area contributed by atoms with Crippen molar-refractivity contribution in [2.45, 2.75) is 39.9 Å². The van der Waals surface area contributed by atoms with Crippen molar-refractivity contribution in [1.82, 2.24) is 9.97 Å². The average Bonchev–Trinajstić information content (AvgIpc) is 4.10. The number of aromatic nitrogens is 2. The highest BCUT2D eigenvalue weighted by molar-refractivity contribution is 8.02. The van der Waals surface area contributed by atoms with Gasteiger partial charge < -0.3 is 28.8 Å². The van der Waals surface area contributed by atoms with Crippen LogP contribution >= 0.6 is 57.5 Å². The van der Waals surface area contributed by atoms with Gasteiger partial charge in [-0.1, -0.05) is 108 Å². The Morgan fingerprint density at radius 1 is 0.667 bits per heavy atom. The number of aromatic carboxylic acids is 1. The molecule has 0 saturated heterocycles. The van der Waals surface area contributed by atoms with Gasteiger partial charge in [0.15, 0.2) is 6.07 Å². The number of alkyl halides is 1. The number of ether oxygens (including phenoxy) is 5. The lowest BCUT2D eigenvalue weighted by molar-refractivity contribution is -0.0345. The standard InChI is InChI=1S/C23H22ClN3O5S.C18H14ClN3O2S.C5H9ClO3.B11/c1-15(2)32-23(29)31-14-30-21(28)17-9-5-4-8-16(17)12-25-27(3)22-26-20(13-33-22)18-10-6-7-11-19(18)24;1-22(20-10-12-6-2-3-7-13(12)17(23)24)18-21-16(11-25-18)14-8-4-5-9-15(14)19;1-4(2)9-5(7)8-3-6;1-7-10(6)11(8(2)3)9(4)5/h4-13,15H,14H2,1-3H3;2-11H,1H3,(H,23,24);4H,3H2,1-2H3;/b25-12+;20-10+;;. The predicted octanol–water partition coefficient (Wildman–Crippen LogP) is 7.80. The molecule has 0 aliphatic heterocycles. The van der Waals surface area contributed by atoms with Crippen molar-refractivity contribution in [3.8, 4) is 22.5 Å². The molecule has 4 aromatic carbocycles. The Morgan fingerprint density at radius 2 is 1.08 bits per heavy atom. The van der Waals surface area contributed by atoms with Gasteiger partial charge in [0, 0.05) is 136 Å². The van der Waals surface area contributed by atoms with Crippen molar-refractivity contribution < 1.29 is 48.0 Å². The maximum absolute atomic E-state index is 12.4. The van der Waals surface area contributed by atoms with Gasteiger partial charge in [-0.15, -0.1) is 22.7 Å². The van der Waals surface area contributed by atoms with Crippen molar-refractivity contribution >= 4 is 183 Å². The minimum Gasteiger partial charge on any atom is -0.478 e. The smallest absolute Gasteiger partial charge is 0.478 e. The van der Waals surface area contributed by atoms with E-state index < -0.39 is 50.2 Å². The van der Waals surface area contributed by atoms with E-state index in [4.69, 9.17) is 95.4 Å². The van der Waals surface area contributed by atoms with E-state index in [-0.39, 0.29) is 35.8 Å². The first-order valence-corrected chi connectivity index (χ1v) is 26.2. The summed E-state index contributed by atoms with van der Waals surface area (Å²) in [5.74, 6) is -1.65. The first-order valence-electron chi connectivity index (χ1n) is 23.2. The van der Waals surface area contributed by atoms with Crippen molar-refractivity contribution in [2.75, 3.05) is 37.0 Å². The van der Waals surface area contributed by atoms with Crippen molar-refractivity contribution in [3.63, 3.8) is 0 Å². The summed E-state index contributed by atoms with van der Waals surface area (Å²) >= 11 is 20.4. The fraction of sp³-hybridized carbons (Fsp3) is 0.217. The van der Waals surface area contributed by atoms with Crippen LogP contribution in [0.1, 0.15) is 59.5 Å². The number of carboxylic acids is 1. The molecule has 16 nitrogen and oxygen atoms in total. The lowest BCUT2D eigenvalue weighted by Gasteiger charge is -2.25. The largest absolute Gasteiger partial charge is 0.511 e. The van der Waals surface area contributed by atoms with E-state index in [0.29, 0.717) is 31.4 Å². The van der Waals surface area contributed by atoms with E-state index in [1.807, 2.05) is 59.3 Å². The Kier molecular flexibility index (Phi) is 29.7. The minimum atomic E-state index is -0.986. The topological polar surface area (TPSA) is 192 Å². The Bertz CT molecular complexity index is 2910. The molecular formula is C46H45B11Cl3N6O10S2. The molecule has 385 valence electrons. The van der Waals surface area contributed by atoms with Crippen LogP contribution < -0.4 is 10.0 Å². The summed E-state index contributed by atoms with van der Waals surface area (Å²) < 4.78 is 23.4. The van der Waals surface area contributed by atoms with E-state index in [1.165, 1.54) is 42.2 Å². The summed E-state index contributed by atoms with van der Waals surface area (Å²) in [4.78, 5) is 54.5. The lowest BCUT2D eigenvalue weighted by atomic mass is 8.56. The molecule has 0 atom stereocenters. The average molecular weight is 1130 g/mol. The van der Waals surface area contributed by atoms with E-state index >= 15 is 0 Å². The van der Waals surface area contributed by atoms with Crippen LogP contribution in [0.2, 0.25) is 10.0 Å². The third-order valence-corrected chi connectivity index (χ3v) is 12.3. The SMILES string of the molecule is CC(C)OC(=O)OCCl.CC(C)OC(=O)OCOC(=O)c1ccccc1/C=N/N(C)c1nc(-c2ccccc2Cl)cs1.CN(/N=C/c1ccccc1C(=O)O)c1nc(-c2ccccc2Cl)cs1.[B][B]B([B])B(B([B])[B])B([B])[B]. The summed E-state index contributed by atoms with van der Waals surface area (Å²) in [6, 6.07) is 28.3. The first-order chi connectivity index (χ1) is 37.1. The maximum Gasteiger partial charge on any atom is 0.511 e. The molecule has 0 fully saturated rings. The van der Waals surface area contributed by atoms with Crippen LogP contribution in [0, 0.1) is 0 Å². The number of halogens is 3. The fourth-order valence-corrected chi connectivity index (χ4v) is 8.06. The molecule has 13 radical (unpaired) electrons. The number of hydrazone groups is 2. The molecule has 0 amide bonds. The number of nitrogens with zero attached hydrogens (tertiary/aromatic N) is 6. The van der Waals surface area contributed by atoms with Crippen LogP contribution in [0.4, 0.5) is 19.9 Å². The molecule has 0 aliphatic carbocycles. The van der Waals surface area contributed by atoms with Crippen LogP contribution in [0.3, 0.4) is 0 Å². The second-order valence-electron chi connectivity index (χ2n) is 16.3. The van der Waals surface area contributed by atoms with Gasteiger partial charge in [0.25, 0.3) is 0 Å². The van der Waals surface area contributed by atoms with Crippen molar-refractivity contribution in [2.24, 2.45) is 10.2 Å². The van der Waals surface area contributed by atoms with Gasteiger partial charge in [0.1, 0.15) is 0 Å². The number of benzene rings is 4. The van der Waals surface area contributed by atoms with E-state index in [9.17, 15) is 24.3 Å². The maximum atomic E-state index is 12.4. The van der Waals surface area contributed by atoms with Gasteiger partial charge >= 0.3 is 24.2 Å². The third-order valence-electron chi connectivity index (χ3n) is 9.71. The molecular weight excluding hydrogens is 1090 g/mol. The van der Waals surface area contributed by atoms with Crippen molar-refractivity contribution in [1.29, 1.82) is 0 Å². The minimum absolute atomic E-state index is 0.152. The summed E-state index contributed by atoms with van der Waals surface area (Å²) in [6.45, 7) is 6.27. The Morgan fingerprint density at radius 3 is 1.47 bits per heavy atom. The summed E-state index contributed by atoms with van der Waals surface area (Å²) in [5.41, 5.74) is 4.77. The van der Waals surface area contributed by atoms with Crippen LogP contribution in [0.25, 0.3) is 22.5 Å². The molecule has 32 heteroatoms. The van der Waals surface area contributed by atoms with Crippen LogP contribution in [-0.2, 0) is 23.7 Å². The summed E-state index contributed by atoms with van der Waals surface area (Å²) in [6.07, 6.45) is -1.22. The fourth-order valence-electron chi connectivity index (χ4n) is 6.01. The lowest BCUT2D eigenvalue weighted by Crippen LogP contribution is -2.63. The molecule has 78 heavy (non-hydrogen) atoms. The van der Waals surface area contributed by atoms with E-state index in [0.717, 1.165) is 22.5 Å². The van der Waals surface area contributed by atoms with Gasteiger partial charge in [-0.3, -0.25) is 0 Å². The van der Waals surface area contributed by atoms with Gasteiger partial charge in [-0.05, 0) is 52.0 Å². The van der Waals surface area contributed by atoms with Crippen LogP contribution in [0.5, 0.6) is 0 Å². The first kappa shape index (κ1) is 66.4. The second-order valence-corrected chi connectivity index (χ2v) is 19.0. The predicted molar refractivity (Wildman–Crippen MR) is 327 cm³/mol. The molecule has 6 aromatic rings. The zero-order valence-electron chi connectivity index (χ0n) is 43.2. The van der Waals surface area contributed by atoms with Crippen LogP contribution in [0.15, 0.2) is 118 Å². The van der Waals surface area contributed by atoms with Gasteiger partial charge in [0.2, 0.25) is 17.1 Å². The number of thiazole rings is 2. The highest BCUT2D eigenvalue weighted by Gasteiger charge is 2.27. The van der Waals surface area contributed by atoms with E-state index in [1.54, 1.807) is 100 Å².